The highest BCUT2D eigenvalue weighted by Gasteiger charge is 2.37. The van der Waals surface area contributed by atoms with Crippen molar-refractivity contribution in [1.82, 2.24) is 25.1 Å². The number of hydrogen-bond donors (Lipinski definition) is 4. The number of benzene rings is 1. The molecule has 1 amide bonds. The average molecular weight is 451 g/mol. The second kappa shape index (κ2) is 8.42. The summed E-state index contributed by atoms with van der Waals surface area (Å²) in [5.74, 6) is 1.36. The van der Waals surface area contributed by atoms with Gasteiger partial charge in [0.05, 0.1) is 17.3 Å². The van der Waals surface area contributed by atoms with E-state index in [1.165, 1.54) is 0 Å². The monoisotopic (exact) mass is 450 g/mol. The molecule has 10 heteroatoms. The Morgan fingerprint density at radius 1 is 1.12 bits per heavy atom. The van der Waals surface area contributed by atoms with E-state index in [-0.39, 0.29) is 24.1 Å². The van der Waals surface area contributed by atoms with Gasteiger partial charge in [0, 0.05) is 35.6 Å². The number of hydrogen-bond acceptors (Lipinski definition) is 7. The fourth-order valence-electron chi connectivity index (χ4n) is 5.37. The van der Waals surface area contributed by atoms with E-state index in [1.807, 2.05) is 24.3 Å². The van der Waals surface area contributed by atoms with Crippen LogP contribution in [-0.2, 0) is 0 Å². The summed E-state index contributed by atoms with van der Waals surface area (Å²) in [6.07, 6.45) is 5.01. The maximum atomic E-state index is 12.2. The first-order valence-electron chi connectivity index (χ1n) is 11.6. The number of amides is 1. The van der Waals surface area contributed by atoms with Crippen LogP contribution in [0.3, 0.4) is 0 Å². The Balaban J connectivity index is 1.45. The molecule has 2 aromatic heterocycles. The van der Waals surface area contributed by atoms with Crippen molar-refractivity contribution in [3.8, 4) is 11.3 Å². The third-order valence-electron chi connectivity index (χ3n) is 7.10. The summed E-state index contributed by atoms with van der Waals surface area (Å²) in [7, 11) is 0. The Morgan fingerprint density at radius 2 is 1.91 bits per heavy atom. The number of H-pyrrole nitrogens is 1. The van der Waals surface area contributed by atoms with E-state index < -0.39 is 6.09 Å². The van der Waals surface area contributed by atoms with Gasteiger partial charge in [-0.25, -0.2) is 9.78 Å². The van der Waals surface area contributed by atoms with Crippen LogP contribution in [0.5, 0.6) is 0 Å². The Bertz CT molecular complexity index is 1170. The second-order valence-electron chi connectivity index (χ2n) is 9.20. The Labute approximate surface area is 192 Å². The smallest absolute Gasteiger partial charge is 0.407 e. The maximum Gasteiger partial charge on any atom is 0.407 e. The van der Waals surface area contributed by atoms with Crippen LogP contribution in [-0.4, -0.2) is 60.9 Å². The first kappa shape index (κ1) is 21.3. The number of aromatic amines is 1. The maximum absolute atomic E-state index is 12.2. The number of nitrogens with two attached hydrogens (primary N) is 2. The van der Waals surface area contributed by atoms with Gasteiger partial charge in [0.1, 0.15) is 5.82 Å². The molecule has 0 radical (unpaired) electrons. The molecule has 2 fully saturated rings. The third kappa shape index (κ3) is 4.01. The predicted molar refractivity (Wildman–Crippen MR) is 128 cm³/mol. The molecule has 1 aliphatic heterocycles. The van der Waals surface area contributed by atoms with Gasteiger partial charge in [-0.3, -0.25) is 5.10 Å². The van der Waals surface area contributed by atoms with Gasteiger partial charge in [0.25, 0.3) is 0 Å². The summed E-state index contributed by atoms with van der Waals surface area (Å²) in [6.45, 7) is 2.74. The number of anilines is 3. The van der Waals surface area contributed by atoms with Crippen LogP contribution in [0.15, 0.2) is 24.3 Å². The normalized spacial score (nSPS) is 21.5. The number of nitrogens with one attached hydrogen (secondary N) is 1. The van der Waals surface area contributed by atoms with E-state index in [0.717, 1.165) is 60.8 Å². The van der Waals surface area contributed by atoms with Crippen molar-refractivity contribution in [3.63, 3.8) is 0 Å². The van der Waals surface area contributed by atoms with E-state index in [2.05, 4.69) is 32.0 Å². The number of piperidine rings is 1. The van der Waals surface area contributed by atoms with Crippen molar-refractivity contribution < 1.29 is 9.90 Å². The SMILES string of the molecule is CC1CCC(N(C(=O)O)C2CCCC2)CN1c1cc(-c2ccc3c(N)n[nH]c3c2)nc(N)n1. The van der Waals surface area contributed by atoms with Crippen LogP contribution < -0.4 is 16.4 Å². The zero-order valence-corrected chi connectivity index (χ0v) is 18.7. The lowest BCUT2D eigenvalue weighted by Gasteiger charge is -2.44. The van der Waals surface area contributed by atoms with E-state index in [4.69, 9.17) is 11.5 Å². The molecule has 3 heterocycles. The van der Waals surface area contributed by atoms with E-state index >= 15 is 0 Å². The van der Waals surface area contributed by atoms with E-state index in [1.54, 1.807) is 4.90 Å². The Morgan fingerprint density at radius 3 is 2.67 bits per heavy atom. The number of fused-ring (bicyclic) bond motifs is 1. The van der Waals surface area contributed by atoms with E-state index in [9.17, 15) is 9.90 Å². The minimum Gasteiger partial charge on any atom is -0.465 e. The fraction of sp³-hybridized carbons (Fsp3) is 0.478. The molecular weight excluding hydrogens is 420 g/mol. The average Bonchev–Trinajstić information content (AvgIpc) is 3.44. The van der Waals surface area contributed by atoms with Crippen LogP contribution in [0.2, 0.25) is 0 Å². The molecule has 2 atom stereocenters. The van der Waals surface area contributed by atoms with Crippen LogP contribution in [0.1, 0.15) is 45.4 Å². The van der Waals surface area contributed by atoms with E-state index in [0.29, 0.717) is 18.1 Å². The third-order valence-corrected chi connectivity index (χ3v) is 7.10. The first-order chi connectivity index (χ1) is 15.9. The molecule has 3 aromatic rings. The molecule has 1 aromatic carbocycles. The Hall–Kier alpha value is -3.56. The van der Waals surface area contributed by atoms with Crippen molar-refractivity contribution in [2.45, 2.75) is 63.6 Å². The molecule has 0 spiro atoms. The molecule has 2 unspecified atom stereocenters. The molecule has 10 nitrogen and oxygen atoms in total. The largest absolute Gasteiger partial charge is 0.465 e. The number of nitrogens with zero attached hydrogens (tertiary/aromatic N) is 5. The van der Waals surface area contributed by atoms with Crippen molar-refractivity contribution in [2.75, 3.05) is 22.9 Å². The van der Waals surface area contributed by atoms with Crippen LogP contribution in [0.4, 0.5) is 22.4 Å². The number of carboxylic acid groups (broad SMARTS) is 1. The summed E-state index contributed by atoms with van der Waals surface area (Å²) >= 11 is 0. The van der Waals surface area contributed by atoms with Gasteiger partial charge in [0.15, 0.2) is 5.82 Å². The molecule has 1 aliphatic carbocycles. The topological polar surface area (TPSA) is 150 Å². The predicted octanol–water partition coefficient (Wildman–Crippen LogP) is 3.46. The summed E-state index contributed by atoms with van der Waals surface area (Å²) in [5, 5.41) is 17.8. The van der Waals surface area contributed by atoms with Crippen molar-refractivity contribution >= 4 is 34.6 Å². The van der Waals surface area contributed by atoms with Gasteiger partial charge in [-0.1, -0.05) is 18.9 Å². The van der Waals surface area contributed by atoms with Gasteiger partial charge >= 0.3 is 6.09 Å². The lowest BCUT2D eigenvalue weighted by atomic mass is 9.96. The first-order valence-corrected chi connectivity index (χ1v) is 11.6. The molecule has 5 rings (SSSR count). The van der Waals surface area contributed by atoms with Crippen molar-refractivity contribution in [2.24, 2.45) is 0 Å². The van der Waals surface area contributed by atoms with Gasteiger partial charge < -0.3 is 26.4 Å². The van der Waals surface area contributed by atoms with Gasteiger partial charge in [0.2, 0.25) is 5.95 Å². The summed E-state index contributed by atoms with van der Waals surface area (Å²) in [6, 6.07) is 7.99. The fourth-order valence-corrected chi connectivity index (χ4v) is 5.37. The minimum atomic E-state index is -0.823. The molecule has 0 bridgehead atoms. The molecule has 33 heavy (non-hydrogen) atoms. The minimum absolute atomic E-state index is 0.0641. The standard InChI is InChI=1S/C23H30N8O2/c1-13-6-8-16(31(23(32)33)15-4-2-3-5-15)12-30(13)20-11-18(26-22(25)27-20)14-7-9-17-19(10-14)28-29-21(17)24/h7,9-11,13,15-16H,2-6,8,12H2,1H3,(H,32,33)(H3,24,28,29)(H2,25,26,27). The molecule has 1 saturated carbocycles. The summed E-state index contributed by atoms with van der Waals surface area (Å²) in [5.41, 5.74) is 14.4. The highest BCUT2D eigenvalue weighted by molar-refractivity contribution is 5.91. The van der Waals surface area contributed by atoms with Crippen LogP contribution in [0, 0.1) is 0 Å². The lowest BCUT2D eigenvalue weighted by Crippen LogP contribution is -2.55. The van der Waals surface area contributed by atoms with Crippen LogP contribution in [0.25, 0.3) is 22.2 Å². The zero-order chi connectivity index (χ0) is 23.1. The highest BCUT2D eigenvalue weighted by Crippen LogP contribution is 2.33. The molecule has 174 valence electrons. The molecule has 6 N–H and O–H groups in total. The lowest BCUT2D eigenvalue weighted by molar-refractivity contribution is 0.0901. The van der Waals surface area contributed by atoms with Crippen molar-refractivity contribution in [1.29, 1.82) is 0 Å². The van der Waals surface area contributed by atoms with Crippen LogP contribution >= 0.6 is 0 Å². The second-order valence-corrected chi connectivity index (χ2v) is 9.20. The molecule has 2 aliphatic rings. The quantitative estimate of drug-likeness (QED) is 0.472. The van der Waals surface area contributed by atoms with Crippen molar-refractivity contribution in [3.05, 3.63) is 24.3 Å². The highest BCUT2D eigenvalue weighted by atomic mass is 16.4. The number of aromatic nitrogens is 4. The number of carbonyl (C=O) groups is 1. The molecule has 1 saturated heterocycles. The number of nitrogen functional groups attached to an aromatic ring is 2. The molecular formula is C23H30N8O2. The van der Waals surface area contributed by atoms with Gasteiger partial charge in [-0.05, 0) is 44.7 Å². The van der Waals surface area contributed by atoms with Gasteiger partial charge in [-0.2, -0.15) is 10.1 Å². The Kier molecular flexibility index (Phi) is 5.43. The van der Waals surface area contributed by atoms with Gasteiger partial charge in [-0.15, -0.1) is 0 Å². The zero-order valence-electron chi connectivity index (χ0n) is 18.7. The summed E-state index contributed by atoms with van der Waals surface area (Å²) in [4.78, 5) is 25.0. The summed E-state index contributed by atoms with van der Waals surface area (Å²) < 4.78 is 0. The number of rotatable bonds is 4.